The molecule has 0 N–H and O–H groups in total. The van der Waals surface area contributed by atoms with Crippen molar-refractivity contribution in [3.8, 4) is 0 Å². The van der Waals surface area contributed by atoms with E-state index in [0.29, 0.717) is 0 Å². The smallest absolute Gasteiger partial charge is 0.330 e. The summed E-state index contributed by atoms with van der Waals surface area (Å²) in [5, 5.41) is 1.78. The normalized spacial score (nSPS) is 18.9. The first-order valence-electron chi connectivity index (χ1n) is 6.62. The molecule has 0 radical (unpaired) electrons. The van der Waals surface area contributed by atoms with Gasteiger partial charge in [0.2, 0.25) is 0 Å². The van der Waals surface area contributed by atoms with Crippen LogP contribution in [0.15, 0.2) is 0 Å². The number of carbonyl (C=O) groups excluding carboxylic acids is 1. The van der Waals surface area contributed by atoms with E-state index in [1.165, 1.54) is 0 Å². The van der Waals surface area contributed by atoms with Gasteiger partial charge in [-0.25, -0.2) is 4.79 Å². The van der Waals surface area contributed by atoms with Gasteiger partial charge in [-0.1, -0.05) is 0 Å². The van der Waals surface area contributed by atoms with Crippen LogP contribution in [0.4, 0.5) is 0 Å². The SMILES string of the molecule is COCCCN1CCN(OC(=O)C(C)(C)C)CC1. The Bertz CT molecular complexity index is 255. The molecule has 0 aliphatic carbocycles. The van der Waals surface area contributed by atoms with E-state index < -0.39 is 5.41 Å². The number of carbonyl (C=O) groups is 1. The van der Waals surface area contributed by atoms with Gasteiger partial charge in [0.1, 0.15) is 0 Å². The van der Waals surface area contributed by atoms with Crippen LogP contribution in [0.5, 0.6) is 0 Å². The highest BCUT2D eigenvalue weighted by atomic mass is 16.7. The third kappa shape index (κ3) is 5.33. The molecule has 0 atom stereocenters. The van der Waals surface area contributed by atoms with Crippen molar-refractivity contribution in [2.75, 3.05) is 46.4 Å². The van der Waals surface area contributed by atoms with Crippen LogP contribution in [0.1, 0.15) is 27.2 Å². The molecule has 1 aliphatic heterocycles. The first kappa shape index (κ1) is 15.4. The predicted octanol–water partition coefficient (Wildman–Crippen LogP) is 1.14. The molecule has 1 heterocycles. The fourth-order valence-corrected chi connectivity index (χ4v) is 1.73. The molecule has 5 nitrogen and oxygen atoms in total. The lowest BCUT2D eigenvalue weighted by molar-refractivity contribution is -0.206. The highest BCUT2D eigenvalue weighted by Crippen LogP contribution is 2.16. The van der Waals surface area contributed by atoms with Crippen LogP contribution in [0.25, 0.3) is 0 Å². The van der Waals surface area contributed by atoms with Gasteiger partial charge in [-0.3, -0.25) is 0 Å². The molecular weight excluding hydrogens is 232 g/mol. The molecular formula is C13H26N2O3. The van der Waals surface area contributed by atoms with Crippen LogP contribution < -0.4 is 0 Å². The topological polar surface area (TPSA) is 42.0 Å². The summed E-state index contributed by atoms with van der Waals surface area (Å²) in [6.07, 6.45) is 1.05. The summed E-state index contributed by atoms with van der Waals surface area (Å²) in [6.45, 7) is 10.9. The lowest BCUT2D eigenvalue weighted by Gasteiger charge is -2.34. The fourth-order valence-electron chi connectivity index (χ4n) is 1.73. The summed E-state index contributed by atoms with van der Waals surface area (Å²) < 4.78 is 5.04. The van der Waals surface area contributed by atoms with E-state index >= 15 is 0 Å². The van der Waals surface area contributed by atoms with Crippen LogP contribution in [-0.4, -0.2) is 62.4 Å². The van der Waals surface area contributed by atoms with Gasteiger partial charge in [-0.15, -0.1) is 5.06 Å². The largest absolute Gasteiger partial charge is 0.385 e. The Balaban J connectivity index is 2.21. The molecule has 0 aromatic rings. The number of methoxy groups -OCH3 is 1. The number of hydrogen-bond donors (Lipinski definition) is 0. The predicted molar refractivity (Wildman–Crippen MR) is 70.1 cm³/mol. The van der Waals surface area contributed by atoms with Gasteiger partial charge in [-0.2, -0.15) is 0 Å². The molecule has 1 saturated heterocycles. The van der Waals surface area contributed by atoms with Gasteiger partial charge in [-0.05, 0) is 27.2 Å². The maximum absolute atomic E-state index is 11.7. The van der Waals surface area contributed by atoms with Gasteiger partial charge in [0.05, 0.1) is 5.41 Å². The average Bonchev–Trinajstić information content (AvgIpc) is 2.30. The zero-order valence-corrected chi connectivity index (χ0v) is 12.1. The van der Waals surface area contributed by atoms with Crippen LogP contribution >= 0.6 is 0 Å². The monoisotopic (exact) mass is 258 g/mol. The van der Waals surface area contributed by atoms with Gasteiger partial charge >= 0.3 is 5.97 Å². The fraction of sp³-hybridized carbons (Fsp3) is 0.923. The third-order valence-electron chi connectivity index (χ3n) is 2.98. The number of ether oxygens (including phenoxy) is 1. The summed E-state index contributed by atoms with van der Waals surface area (Å²) >= 11 is 0. The van der Waals surface area contributed by atoms with E-state index in [1.807, 2.05) is 20.8 Å². The van der Waals surface area contributed by atoms with E-state index in [0.717, 1.165) is 45.8 Å². The number of nitrogens with zero attached hydrogens (tertiary/aromatic N) is 2. The first-order chi connectivity index (χ1) is 8.43. The van der Waals surface area contributed by atoms with Crippen molar-refractivity contribution in [2.24, 2.45) is 5.41 Å². The minimum absolute atomic E-state index is 0.157. The summed E-state index contributed by atoms with van der Waals surface area (Å²) in [7, 11) is 1.73. The lowest BCUT2D eigenvalue weighted by atomic mass is 9.98. The van der Waals surface area contributed by atoms with E-state index in [-0.39, 0.29) is 5.97 Å². The summed E-state index contributed by atoms with van der Waals surface area (Å²) in [5.41, 5.74) is -0.435. The minimum atomic E-state index is -0.435. The second-order valence-electron chi connectivity index (χ2n) is 5.75. The average molecular weight is 258 g/mol. The standard InChI is InChI=1S/C13H26N2O3/c1-13(2,3)12(16)18-15-9-7-14(8-10-15)6-5-11-17-4/h5-11H2,1-4H3. The maximum atomic E-state index is 11.7. The van der Waals surface area contributed by atoms with Gasteiger partial charge in [0.25, 0.3) is 0 Å². The summed E-state index contributed by atoms with van der Waals surface area (Å²) in [5.74, 6) is -0.157. The van der Waals surface area contributed by atoms with E-state index in [1.54, 1.807) is 12.2 Å². The zero-order chi connectivity index (χ0) is 13.6. The molecule has 0 amide bonds. The first-order valence-corrected chi connectivity index (χ1v) is 6.62. The number of hydroxylamine groups is 2. The van der Waals surface area contributed by atoms with Crippen LogP contribution in [-0.2, 0) is 14.4 Å². The van der Waals surface area contributed by atoms with Crippen LogP contribution in [0, 0.1) is 5.41 Å². The van der Waals surface area contributed by atoms with Crippen LogP contribution in [0.3, 0.4) is 0 Å². The Morgan fingerprint density at radius 3 is 2.28 bits per heavy atom. The van der Waals surface area contributed by atoms with E-state index in [2.05, 4.69) is 4.90 Å². The molecule has 18 heavy (non-hydrogen) atoms. The number of piperazine rings is 1. The molecule has 0 saturated carbocycles. The maximum Gasteiger partial charge on any atom is 0.330 e. The van der Waals surface area contributed by atoms with Crippen molar-refractivity contribution < 1.29 is 14.4 Å². The summed E-state index contributed by atoms with van der Waals surface area (Å²) in [6, 6.07) is 0. The molecule has 0 aromatic heterocycles. The Morgan fingerprint density at radius 2 is 1.78 bits per heavy atom. The Kier molecular flexibility index (Phi) is 6.05. The van der Waals surface area contributed by atoms with Crippen molar-refractivity contribution in [1.82, 2.24) is 9.96 Å². The molecule has 0 spiro atoms. The molecule has 1 rings (SSSR count). The third-order valence-corrected chi connectivity index (χ3v) is 2.98. The molecule has 106 valence electrons. The van der Waals surface area contributed by atoms with E-state index in [4.69, 9.17) is 9.57 Å². The number of rotatable bonds is 5. The summed E-state index contributed by atoms with van der Waals surface area (Å²) in [4.78, 5) is 19.5. The minimum Gasteiger partial charge on any atom is -0.385 e. The molecule has 1 aliphatic rings. The quantitative estimate of drug-likeness (QED) is 0.692. The van der Waals surface area contributed by atoms with Crippen molar-refractivity contribution >= 4 is 5.97 Å². The zero-order valence-electron chi connectivity index (χ0n) is 12.1. The molecule has 0 bridgehead atoms. The Hall–Kier alpha value is -0.650. The van der Waals surface area contributed by atoms with Crippen molar-refractivity contribution in [3.05, 3.63) is 0 Å². The molecule has 0 aromatic carbocycles. The molecule has 0 unspecified atom stereocenters. The second-order valence-corrected chi connectivity index (χ2v) is 5.75. The van der Waals surface area contributed by atoms with Crippen molar-refractivity contribution in [3.63, 3.8) is 0 Å². The van der Waals surface area contributed by atoms with Gasteiger partial charge < -0.3 is 14.5 Å². The highest BCUT2D eigenvalue weighted by Gasteiger charge is 2.27. The second kappa shape index (κ2) is 7.07. The number of hydrogen-bond acceptors (Lipinski definition) is 5. The van der Waals surface area contributed by atoms with Crippen molar-refractivity contribution in [1.29, 1.82) is 0 Å². The Morgan fingerprint density at radius 1 is 1.17 bits per heavy atom. The molecule has 5 heteroatoms. The van der Waals surface area contributed by atoms with Crippen LogP contribution in [0.2, 0.25) is 0 Å². The van der Waals surface area contributed by atoms with Gasteiger partial charge in [0.15, 0.2) is 0 Å². The Labute approximate surface area is 110 Å². The lowest BCUT2D eigenvalue weighted by Crippen LogP contribution is -2.48. The van der Waals surface area contributed by atoms with Crippen molar-refractivity contribution in [2.45, 2.75) is 27.2 Å². The van der Waals surface area contributed by atoms with E-state index in [9.17, 15) is 4.79 Å². The highest BCUT2D eigenvalue weighted by molar-refractivity contribution is 5.75. The van der Waals surface area contributed by atoms with Gasteiger partial charge in [0, 0.05) is 46.4 Å². The molecule has 1 fully saturated rings.